The number of benzene rings is 1. The number of hydrogen-bond acceptors (Lipinski definition) is 5. The molecule has 0 unspecified atom stereocenters. The maximum atomic E-state index is 12.4. The lowest BCUT2D eigenvalue weighted by Crippen LogP contribution is -2.30. The molecule has 146 valence electrons. The lowest BCUT2D eigenvalue weighted by molar-refractivity contribution is 0.0950. The minimum Gasteiger partial charge on any atom is -0.348 e. The minimum atomic E-state index is -3.66. The van der Waals surface area contributed by atoms with Gasteiger partial charge in [0.25, 0.3) is 5.91 Å². The molecule has 1 amide bonds. The van der Waals surface area contributed by atoms with Crippen LogP contribution in [0.25, 0.3) is 5.82 Å². The maximum Gasteiger partial charge on any atom is 0.251 e. The summed E-state index contributed by atoms with van der Waals surface area (Å²) in [5.74, 6) is 0.364. The normalized spacial score (nSPS) is 11.5. The van der Waals surface area contributed by atoms with Crippen molar-refractivity contribution in [2.75, 3.05) is 0 Å². The second-order valence-electron chi connectivity index (χ2n) is 6.48. The Labute approximate surface area is 163 Å². The van der Waals surface area contributed by atoms with E-state index in [0.717, 1.165) is 11.4 Å². The Morgan fingerprint density at radius 2 is 2.04 bits per heavy atom. The Morgan fingerprint density at radius 3 is 2.68 bits per heavy atom. The lowest BCUT2D eigenvalue weighted by Gasteiger charge is -2.11. The minimum absolute atomic E-state index is 0.0557. The largest absolute Gasteiger partial charge is 0.348 e. The van der Waals surface area contributed by atoms with Crippen molar-refractivity contribution < 1.29 is 13.2 Å². The van der Waals surface area contributed by atoms with E-state index in [9.17, 15) is 13.2 Å². The molecule has 0 saturated heterocycles. The molecule has 0 aliphatic carbocycles. The fraction of sp³-hybridized carbons (Fsp3) is 0.211. The summed E-state index contributed by atoms with van der Waals surface area (Å²) in [5.41, 5.74) is 1.09. The third-order valence-corrected chi connectivity index (χ3v) is 5.48. The number of nitrogens with zero attached hydrogens (tertiary/aromatic N) is 3. The van der Waals surface area contributed by atoms with Crippen LogP contribution in [0.15, 0.2) is 66.2 Å². The van der Waals surface area contributed by atoms with Crippen molar-refractivity contribution in [2.45, 2.75) is 31.3 Å². The van der Waals surface area contributed by atoms with E-state index in [1.54, 1.807) is 55.5 Å². The molecular formula is C19H21N5O3S. The van der Waals surface area contributed by atoms with Gasteiger partial charge < -0.3 is 5.32 Å². The van der Waals surface area contributed by atoms with Crippen LogP contribution < -0.4 is 10.0 Å². The molecule has 0 atom stereocenters. The summed E-state index contributed by atoms with van der Waals surface area (Å²) in [5, 5.41) is 2.78. The predicted molar refractivity (Wildman–Crippen MR) is 104 cm³/mol. The van der Waals surface area contributed by atoms with Gasteiger partial charge in [-0.2, -0.15) is 0 Å². The molecule has 0 spiro atoms. The zero-order chi connectivity index (χ0) is 20.1. The molecule has 8 nitrogen and oxygen atoms in total. The van der Waals surface area contributed by atoms with Crippen molar-refractivity contribution in [3.63, 3.8) is 0 Å². The number of aromatic nitrogens is 3. The SMILES string of the molecule is CC(C)NS(=O)(=O)c1cccc(C(=O)NCc2ccc(-n3ccnc3)nc2)c1. The van der Waals surface area contributed by atoms with Crippen molar-refractivity contribution in [1.82, 2.24) is 24.6 Å². The molecule has 0 bridgehead atoms. The highest BCUT2D eigenvalue weighted by molar-refractivity contribution is 7.89. The summed E-state index contributed by atoms with van der Waals surface area (Å²) in [6.45, 7) is 3.75. The number of nitrogens with one attached hydrogen (secondary N) is 2. The quantitative estimate of drug-likeness (QED) is 0.631. The van der Waals surface area contributed by atoms with Gasteiger partial charge in [0.15, 0.2) is 0 Å². The molecule has 28 heavy (non-hydrogen) atoms. The van der Waals surface area contributed by atoms with E-state index >= 15 is 0 Å². The number of amides is 1. The van der Waals surface area contributed by atoms with Crippen LogP contribution in [-0.4, -0.2) is 34.9 Å². The molecule has 2 aromatic heterocycles. The molecule has 0 saturated carbocycles. The van der Waals surface area contributed by atoms with Crippen LogP contribution in [0.5, 0.6) is 0 Å². The van der Waals surface area contributed by atoms with Crippen LogP contribution in [0.3, 0.4) is 0 Å². The highest BCUT2D eigenvalue weighted by atomic mass is 32.2. The Bertz CT molecular complexity index is 1050. The average Bonchev–Trinajstić information content (AvgIpc) is 3.20. The molecule has 2 heterocycles. The van der Waals surface area contributed by atoms with E-state index in [2.05, 4.69) is 20.0 Å². The Balaban J connectivity index is 1.66. The number of carbonyl (C=O) groups excluding carboxylic acids is 1. The third-order valence-electron chi connectivity index (χ3n) is 3.83. The zero-order valence-corrected chi connectivity index (χ0v) is 16.3. The Kier molecular flexibility index (Phi) is 5.86. The van der Waals surface area contributed by atoms with Crippen molar-refractivity contribution in [3.05, 3.63) is 72.4 Å². The number of carbonyl (C=O) groups is 1. The predicted octanol–water partition coefficient (Wildman–Crippen LogP) is 1.88. The number of sulfonamides is 1. The molecule has 3 rings (SSSR count). The van der Waals surface area contributed by atoms with Gasteiger partial charge in [-0.1, -0.05) is 12.1 Å². The van der Waals surface area contributed by atoms with Gasteiger partial charge in [0, 0.05) is 36.7 Å². The first kappa shape index (κ1) is 19.7. The van der Waals surface area contributed by atoms with Crippen LogP contribution in [0.4, 0.5) is 0 Å². The maximum absolute atomic E-state index is 12.4. The highest BCUT2D eigenvalue weighted by Crippen LogP contribution is 2.12. The zero-order valence-electron chi connectivity index (χ0n) is 15.5. The van der Waals surface area contributed by atoms with Gasteiger partial charge in [-0.05, 0) is 43.7 Å². The molecular weight excluding hydrogens is 378 g/mol. The topological polar surface area (TPSA) is 106 Å². The Morgan fingerprint density at radius 1 is 1.21 bits per heavy atom. The van der Waals surface area contributed by atoms with Gasteiger partial charge in [0.05, 0.1) is 4.90 Å². The monoisotopic (exact) mass is 399 g/mol. The first-order chi connectivity index (χ1) is 13.3. The molecule has 0 aliphatic heterocycles. The molecule has 1 aromatic carbocycles. The first-order valence-electron chi connectivity index (χ1n) is 8.69. The molecule has 9 heteroatoms. The van der Waals surface area contributed by atoms with Gasteiger partial charge in [-0.15, -0.1) is 0 Å². The summed E-state index contributed by atoms with van der Waals surface area (Å²) in [4.78, 5) is 20.8. The summed E-state index contributed by atoms with van der Waals surface area (Å²) in [6.07, 6.45) is 6.78. The van der Waals surface area contributed by atoms with Crippen LogP contribution in [-0.2, 0) is 16.6 Å². The van der Waals surface area contributed by atoms with Crippen molar-refractivity contribution in [3.8, 4) is 5.82 Å². The molecule has 0 aliphatic rings. The summed E-state index contributed by atoms with van der Waals surface area (Å²) in [7, 11) is -3.66. The molecule has 0 fully saturated rings. The van der Waals surface area contributed by atoms with Gasteiger partial charge in [0.2, 0.25) is 10.0 Å². The Hall–Kier alpha value is -3.04. The van der Waals surface area contributed by atoms with Crippen LogP contribution >= 0.6 is 0 Å². The third kappa shape index (κ3) is 4.81. The van der Waals surface area contributed by atoms with Crippen molar-refractivity contribution in [1.29, 1.82) is 0 Å². The van der Waals surface area contributed by atoms with E-state index < -0.39 is 10.0 Å². The van der Waals surface area contributed by atoms with Gasteiger partial charge in [0.1, 0.15) is 12.1 Å². The van der Waals surface area contributed by atoms with Gasteiger partial charge >= 0.3 is 0 Å². The van der Waals surface area contributed by atoms with E-state index in [0.29, 0.717) is 0 Å². The summed E-state index contributed by atoms with van der Waals surface area (Å²) >= 11 is 0. The standard InChI is InChI=1S/C19H21N5O3S/c1-14(2)23-28(26,27)17-5-3-4-16(10-17)19(25)22-12-15-6-7-18(21-11-15)24-9-8-20-13-24/h3-11,13-14,23H,12H2,1-2H3,(H,22,25). The molecule has 0 radical (unpaired) electrons. The van der Waals surface area contributed by atoms with E-state index in [1.807, 2.05) is 12.1 Å². The van der Waals surface area contributed by atoms with Crippen LogP contribution in [0, 0.1) is 0 Å². The summed E-state index contributed by atoms with van der Waals surface area (Å²) < 4.78 is 28.8. The van der Waals surface area contributed by atoms with Gasteiger partial charge in [-0.3, -0.25) is 9.36 Å². The molecule has 3 aromatic rings. The fourth-order valence-corrected chi connectivity index (χ4v) is 3.83. The average molecular weight is 399 g/mol. The number of imidazole rings is 1. The number of rotatable bonds is 7. The second-order valence-corrected chi connectivity index (χ2v) is 8.20. The fourth-order valence-electron chi connectivity index (χ4n) is 2.54. The van der Waals surface area contributed by atoms with Gasteiger partial charge in [-0.25, -0.2) is 23.1 Å². The first-order valence-corrected chi connectivity index (χ1v) is 10.2. The van der Waals surface area contributed by atoms with Crippen LogP contribution in [0.1, 0.15) is 29.8 Å². The molecule has 2 N–H and O–H groups in total. The smallest absolute Gasteiger partial charge is 0.251 e. The number of hydrogen-bond donors (Lipinski definition) is 2. The number of pyridine rings is 1. The van der Waals surface area contributed by atoms with Crippen molar-refractivity contribution in [2.24, 2.45) is 0 Å². The van der Waals surface area contributed by atoms with Crippen molar-refractivity contribution >= 4 is 15.9 Å². The highest BCUT2D eigenvalue weighted by Gasteiger charge is 2.17. The van der Waals surface area contributed by atoms with Crippen LogP contribution in [0.2, 0.25) is 0 Å². The second kappa shape index (κ2) is 8.32. The van der Waals surface area contributed by atoms with E-state index in [1.165, 1.54) is 12.1 Å². The summed E-state index contributed by atoms with van der Waals surface area (Å²) in [6, 6.07) is 9.39. The van der Waals surface area contributed by atoms with E-state index in [-0.39, 0.29) is 29.0 Å². The lowest BCUT2D eigenvalue weighted by atomic mass is 10.2. The van der Waals surface area contributed by atoms with E-state index in [4.69, 9.17) is 0 Å².